The molecule has 0 amide bonds. The number of hydrogen-bond acceptors (Lipinski definition) is 6. The smallest absolute Gasteiger partial charge is 0.320 e. The Morgan fingerprint density at radius 1 is 1.22 bits per heavy atom. The van der Waals surface area contributed by atoms with Crippen molar-refractivity contribution in [1.29, 1.82) is 0 Å². The summed E-state index contributed by atoms with van der Waals surface area (Å²) < 4.78 is 5.36. The Morgan fingerprint density at radius 2 is 1.89 bits per heavy atom. The molecule has 1 heterocycles. The molecule has 6 heteroatoms. The standard InChI is InChI=1S/C12H17N5O/c1-8(13)11-15-16-12(18-11)14-9-4-6-10(7-5-9)17(2)3/h4-8H,13H2,1-3H3,(H,14,16). The number of rotatable bonds is 4. The molecule has 0 saturated carbocycles. The van der Waals surface area contributed by atoms with Gasteiger partial charge < -0.3 is 20.4 Å². The summed E-state index contributed by atoms with van der Waals surface area (Å²) in [6.45, 7) is 1.79. The third-order valence-corrected chi connectivity index (χ3v) is 2.47. The highest BCUT2D eigenvalue weighted by atomic mass is 16.4. The van der Waals surface area contributed by atoms with E-state index in [4.69, 9.17) is 10.2 Å². The van der Waals surface area contributed by atoms with Gasteiger partial charge in [-0.3, -0.25) is 0 Å². The zero-order chi connectivity index (χ0) is 13.1. The predicted octanol–water partition coefficient (Wildman–Crippen LogP) is 1.90. The molecule has 0 bridgehead atoms. The second kappa shape index (κ2) is 5.05. The van der Waals surface area contributed by atoms with Crippen LogP contribution in [0.1, 0.15) is 18.9 Å². The van der Waals surface area contributed by atoms with Crippen LogP contribution in [0.25, 0.3) is 0 Å². The van der Waals surface area contributed by atoms with Gasteiger partial charge in [-0.15, -0.1) is 5.10 Å². The van der Waals surface area contributed by atoms with Gasteiger partial charge in [-0.05, 0) is 31.2 Å². The Labute approximate surface area is 106 Å². The van der Waals surface area contributed by atoms with Crippen molar-refractivity contribution in [2.75, 3.05) is 24.3 Å². The van der Waals surface area contributed by atoms with Crippen molar-refractivity contribution in [3.05, 3.63) is 30.2 Å². The minimum atomic E-state index is -0.260. The number of nitrogens with two attached hydrogens (primary N) is 1. The molecule has 1 aromatic heterocycles. The largest absolute Gasteiger partial charge is 0.406 e. The molecule has 96 valence electrons. The van der Waals surface area contributed by atoms with Gasteiger partial charge in [-0.2, -0.15) is 0 Å². The lowest BCUT2D eigenvalue weighted by Gasteiger charge is -2.12. The Bertz CT molecular complexity index is 503. The van der Waals surface area contributed by atoms with Gasteiger partial charge in [0.25, 0.3) is 0 Å². The fourth-order valence-electron chi connectivity index (χ4n) is 1.44. The van der Waals surface area contributed by atoms with Crippen molar-refractivity contribution in [3.63, 3.8) is 0 Å². The highest BCUT2D eigenvalue weighted by molar-refractivity contribution is 5.58. The van der Waals surface area contributed by atoms with Crippen molar-refractivity contribution in [1.82, 2.24) is 10.2 Å². The molecule has 1 atom stereocenters. The summed E-state index contributed by atoms with van der Waals surface area (Å²) >= 11 is 0. The maximum absolute atomic E-state index is 5.64. The van der Waals surface area contributed by atoms with E-state index in [0.29, 0.717) is 11.9 Å². The Kier molecular flexibility index (Phi) is 3.47. The number of hydrogen-bond donors (Lipinski definition) is 2. The van der Waals surface area contributed by atoms with Gasteiger partial charge >= 0.3 is 6.01 Å². The molecular formula is C12H17N5O. The minimum absolute atomic E-state index is 0.260. The molecule has 0 saturated heterocycles. The van der Waals surface area contributed by atoms with E-state index >= 15 is 0 Å². The van der Waals surface area contributed by atoms with Crippen LogP contribution in [0.3, 0.4) is 0 Å². The first-order valence-electron chi connectivity index (χ1n) is 5.69. The summed E-state index contributed by atoms with van der Waals surface area (Å²) in [4.78, 5) is 2.03. The van der Waals surface area contributed by atoms with E-state index in [1.165, 1.54) is 0 Å². The van der Waals surface area contributed by atoms with Crippen LogP contribution in [0.15, 0.2) is 28.7 Å². The molecule has 18 heavy (non-hydrogen) atoms. The lowest BCUT2D eigenvalue weighted by molar-refractivity contribution is 0.475. The van der Waals surface area contributed by atoms with Crippen molar-refractivity contribution in [3.8, 4) is 0 Å². The average molecular weight is 247 g/mol. The molecule has 1 aromatic carbocycles. The topological polar surface area (TPSA) is 80.2 Å². The molecule has 0 spiro atoms. The number of benzene rings is 1. The molecule has 0 aliphatic rings. The van der Waals surface area contributed by atoms with Gasteiger partial charge in [0.1, 0.15) is 0 Å². The van der Waals surface area contributed by atoms with E-state index in [1.807, 2.05) is 43.3 Å². The molecule has 0 radical (unpaired) electrons. The quantitative estimate of drug-likeness (QED) is 0.859. The first-order valence-corrected chi connectivity index (χ1v) is 5.69. The second-order valence-electron chi connectivity index (χ2n) is 4.30. The van der Waals surface area contributed by atoms with Crippen LogP contribution in [0.2, 0.25) is 0 Å². The van der Waals surface area contributed by atoms with Gasteiger partial charge in [-0.1, -0.05) is 5.10 Å². The molecule has 0 aliphatic carbocycles. The van der Waals surface area contributed by atoms with Crippen molar-refractivity contribution >= 4 is 17.4 Å². The van der Waals surface area contributed by atoms with Gasteiger partial charge in [0.05, 0.1) is 6.04 Å². The van der Waals surface area contributed by atoms with Crippen LogP contribution in [0.5, 0.6) is 0 Å². The number of nitrogens with zero attached hydrogens (tertiary/aromatic N) is 3. The SMILES string of the molecule is CC(N)c1nnc(Nc2ccc(N(C)C)cc2)o1. The third kappa shape index (κ3) is 2.78. The summed E-state index contributed by atoms with van der Waals surface area (Å²) in [5, 5.41) is 10.7. The first-order chi connectivity index (χ1) is 8.56. The normalized spacial score (nSPS) is 12.2. The van der Waals surface area contributed by atoms with Crippen LogP contribution in [0.4, 0.5) is 17.4 Å². The van der Waals surface area contributed by atoms with Gasteiger partial charge in [0.2, 0.25) is 5.89 Å². The van der Waals surface area contributed by atoms with E-state index in [-0.39, 0.29) is 6.04 Å². The highest BCUT2D eigenvalue weighted by Crippen LogP contribution is 2.20. The van der Waals surface area contributed by atoms with Gasteiger partial charge in [-0.25, -0.2) is 0 Å². The predicted molar refractivity (Wildman–Crippen MR) is 71.0 cm³/mol. The van der Waals surface area contributed by atoms with E-state index in [9.17, 15) is 0 Å². The molecule has 2 rings (SSSR count). The maximum atomic E-state index is 5.64. The lowest BCUT2D eigenvalue weighted by Crippen LogP contribution is -2.08. The number of nitrogens with one attached hydrogen (secondary N) is 1. The monoisotopic (exact) mass is 247 g/mol. The zero-order valence-electron chi connectivity index (χ0n) is 10.7. The molecule has 2 aromatic rings. The fraction of sp³-hybridized carbons (Fsp3) is 0.333. The molecule has 0 aliphatic heterocycles. The minimum Gasteiger partial charge on any atom is -0.406 e. The third-order valence-electron chi connectivity index (χ3n) is 2.47. The van der Waals surface area contributed by atoms with Gasteiger partial charge in [0, 0.05) is 25.5 Å². The van der Waals surface area contributed by atoms with Crippen molar-refractivity contribution in [2.24, 2.45) is 5.73 Å². The average Bonchev–Trinajstić information content (AvgIpc) is 2.78. The van der Waals surface area contributed by atoms with Crippen LogP contribution < -0.4 is 16.0 Å². The molecule has 1 unspecified atom stereocenters. The van der Waals surface area contributed by atoms with Crippen molar-refractivity contribution < 1.29 is 4.42 Å². The Hall–Kier alpha value is -2.08. The molecular weight excluding hydrogens is 230 g/mol. The summed E-state index contributed by atoms with van der Waals surface area (Å²) in [5.41, 5.74) is 7.66. The fourth-order valence-corrected chi connectivity index (χ4v) is 1.44. The molecule has 0 fully saturated rings. The van der Waals surface area contributed by atoms with Crippen molar-refractivity contribution in [2.45, 2.75) is 13.0 Å². The van der Waals surface area contributed by atoms with E-state index in [0.717, 1.165) is 11.4 Å². The summed E-state index contributed by atoms with van der Waals surface area (Å²) in [5.74, 6) is 0.419. The Balaban J connectivity index is 2.08. The van der Waals surface area contributed by atoms with E-state index in [2.05, 4.69) is 15.5 Å². The summed E-state index contributed by atoms with van der Waals surface area (Å²) in [7, 11) is 3.99. The van der Waals surface area contributed by atoms with Crippen LogP contribution in [-0.2, 0) is 0 Å². The lowest BCUT2D eigenvalue weighted by atomic mass is 10.2. The van der Waals surface area contributed by atoms with E-state index in [1.54, 1.807) is 6.92 Å². The highest BCUT2D eigenvalue weighted by Gasteiger charge is 2.09. The molecule has 3 N–H and O–H groups in total. The zero-order valence-corrected chi connectivity index (χ0v) is 10.7. The molecule has 6 nitrogen and oxygen atoms in total. The first kappa shape index (κ1) is 12.4. The summed E-state index contributed by atoms with van der Waals surface area (Å²) in [6.07, 6.45) is 0. The van der Waals surface area contributed by atoms with Crippen LogP contribution in [-0.4, -0.2) is 24.3 Å². The summed E-state index contributed by atoms with van der Waals surface area (Å²) in [6, 6.07) is 8.00. The Morgan fingerprint density at radius 3 is 2.39 bits per heavy atom. The number of anilines is 3. The van der Waals surface area contributed by atoms with Crippen LogP contribution in [0, 0.1) is 0 Å². The van der Waals surface area contributed by atoms with E-state index < -0.39 is 0 Å². The number of aromatic nitrogens is 2. The maximum Gasteiger partial charge on any atom is 0.320 e. The second-order valence-corrected chi connectivity index (χ2v) is 4.30. The van der Waals surface area contributed by atoms with Crippen LogP contribution >= 0.6 is 0 Å². The van der Waals surface area contributed by atoms with Gasteiger partial charge in [0.15, 0.2) is 0 Å².